The summed E-state index contributed by atoms with van der Waals surface area (Å²) in [5.41, 5.74) is -1.62. The summed E-state index contributed by atoms with van der Waals surface area (Å²) in [6.07, 6.45) is 5.79. The number of esters is 1. The van der Waals surface area contributed by atoms with Crippen LogP contribution < -0.4 is 16.0 Å². The molecule has 2 saturated carbocycles. The first-order chi connectivity index (χ1) is 21.8. The van der Waals surface area contributed by atoms with E-state index < -0.39 is 59.0 Å². The molecule has 2 unspecified atom stereocenters. The lowest BCUT2D eigenvalue weighted by Crippen LogP contribution is -2.59. The molecule has 1 aliphatic heterocycles. The van der Waals surface area contributed by atoms with Crippen molar-refractivity contribution in [2.45, 2.75) is 136 Å². The number of likely N-dealkylation sites (tertiary alicyclic amines) is 1. The third-order valence-electron chi connectivity index (χ3n) is 9.37. The van der Waals surface area contributed by atoms with E-state index in [0.717, 1.165) is 32.1 Å². The van der Waals surface area contributed by atoms with Crippen molar-refractivity contribution in [3.63, 3.8) is 0 Å². The maximum atomic E-state index is 14.3. The number of allylic oxidation sites excluding steroid dienone is 1. The number of ketones is 1. The number of piperidine rings is 1. The summed E-state index contributed by atoms with van der Waals surface area (Å²) < 4.78 is 10.7. The van der Waals surface area contributed by atoms with Gasteiger partial charge in [-0.25, -0.2) is 4.79 Å². The number of amides is 4. The highest BCUT2D eigenvalue weighted by Crippen LogP contribution is 2.65. The summed E-state index contributed by atoms with van der Waals surface area (Å²) in [5, 5.41) is 8.07. The van der Waals surface area contributed by atoms with Gasteiger partial charge in [-0.3, -0.25) is 24.0 Å². The average molecular weight is 661 g/mol. The Morgan fingerprint density at radius 3 is 2.13 bits per heavy atom. The molecule has 12 heteroatoms. The third-order valence-corrected chi connectivity index (χ3v) is 9.37. The molecule has 12 nitrogen and oxygen atoms in total. The van der Waals surface area contributed by atoms with Crippen LogP contribution in [0.15, 0.2) is 12.7 Å². The summed E-state index contributed by atoms with van der Waals surface area (Å²) >= 11 is 0. The molecule has 3 N–H and O–H groups in total. The zero-order chi connectivity index (χ0) is 35.3. The van der Waals surface area contributed by atoms with Crippen molar-refractivity contribution in [3.8, 4) is 0 Å². The zero-order valence-electron chi connectivity index (χ0n) is 29.5. The minimum atomic E-state index is -1.16. The van der Waals surface area contributed by atoms with Gasteiger partial charge in [-0.05, 0) is 90.4 Å². The average Bonchev–Trinajstić information content (AvgIpc) is 3.26. The van der Waals surface area contributed by atoms with Crippen molar-refractivity contribution in [1.82, 2.24) is 20.9 Å². The Labute approximate surface area is 279 Å². The Hall–Kier alpha value is -3.44. The highest BCUT2D eigenvalue weighted by Gasteiger charge is 2.69. The predicted molar refractivity (Wildman–Crippen MR) is 176 cm³/mol. The number of carbonyl (C=O) groups excluding carboxylic acids is 6. The Bertz CT molecular complexity index is 1210. The molecule has 5 atom stereocenters. The monoisotopic (exact) mass is 660 g/mol. The third kappa shape index (κ3) is 10.3. The van der Waals surface area contributed by atoms with Crippen molar-refractivity contribution in [3.05, 3.63) is 12.7 Å². The minimum Gasteiger partial charge on any atom is -0.460 e. The maximum Gasteiger partial charge on any atom is 0.408 e. The lowest BCUT2D eigenvalue weighted by atomic mass is 9.83. The van der Waals surface area contributed by atoms with E-state index in [0.29, 0.717) is 13.0 Å². The van der Waals surface area contributed by atoms with Gasteiger partial charge in [0.05, 0.1) is 12.5 Å². The first-order valence-electron chi connectivity index (χ1n) is 17.0. The van der Waals surface area contributed by atoms with E-state index in [1.807, 2.05) is 0 Å². The highest BCUT2D eigenvalue weighted by atomic mass is 16.6. The molecule has 1 saturated heterocycles. The number of nitrogens with one attached hydrogen (secondary N) is 3. The quantitative estimate of drug-likeness (QED) is 0.153. The Morgan fingerprint density at radius 1 is 0.936 bits per heavy atom. The molecule has 47 heavy (non-hydrogen) atoms. The van der Waals surface area contributed by atoms with E-state index in [1.54, 1.807) is 52.5 Å². The number of hydrogen-bond donors (Lipinski definition) is 3. The molecule has 3 rings (SSSR count). The van der Waals surface area contributed by atoms with Gasteiger partial charge in [-0.1, -0.05) is 39.2 Å². The first-order valence-corrected chi connectivity index (χ1v) is 17.0. The van der Waals surface area contributed by atoms with Gasteiger partial charge in [0.15, 0.2) is 0 Å². The number of carbonyl (C=O) groups is 6. The Kier molecular flexibility index (Phi) is 12.3. The molecule has 1 heterocycles. The van der Waals surface area contributed by atoms with Crippen molar-refractivity contribution in [2.24, 2.45) is 23.2 Å². The number of fused-ring (bicyclic) bond motifs is 1. The van der Waals surface area contributed by atoms with Gasteiger partial charge in [-0.2, -0.15) is 0 Å². The summed E-state index contributed by atoms with van der Waals surface area (Å²) in [7, 11) is 0. The molecule has 0 aromatic rings. The van der Waals surface area contributed by atoms with E-state index in [9.17, 15) is 28.8 Å². The molecule has 3 fully saturated rings. The van der Waals surface area contributed by atoms with Gasteiger partial charge in [0.25, 0.3) is 5.91 Å². The summed E-state index contributed by atoms with van der Waals surface area (Å²) in [6.45, 7) is 18.5. The van der Waals surface area contributed by atoms with Crippen LogP contribution in [-0.4, -0.2) is 82.9 Å². The second-order valence-electron chi connectivity index (χ2n) is 15.8. The van der Waals surface area contributed by atoms with Crippen LogP contribution in [-0.2, 0) is 33.4 Å². The highest BCUT2D eigenvalue weighted by molar-refractivity contribution is 6.38. The molecule has 4 amide bonds. The molecule has 0 spiro atoms. The van der Waals surface area contributed by atoms with Crippen molar-refractivity contribution in [2.75, 3.05) is 13.1 Å². The Balaban J connectivity index is 1.77. The van der Waals surface area contributed by atoms with Crippen LogP contribution in [0, 0.1) is 23.2 Å². The second-order valence-corrected chi connectivity index (χ2v) is 15.8. The van der Waals surface area contributed by atoms with Crippen LogP contribution in [0.2, 0.25) is 0 Å². The van der Waals surface area contributed by atoms with Crippen LogP contribution in [0.1, 0.15) is 107 Å². The SMILES string of the molecule is C=CCCC(NC(=O)[C@@H]1[C@@H]2[C@H](CN1C(=O)C(NC(=O)OC(C)(C)C)C1CCCCC1)C2(C)C)C(=O)C(=O)NCCC(=O)OC(C)(C)C. The summed E-state index contributed by atoms with van der Waals surface area (Å²) in [4.78, 5) is 80.9. The minimum absolute atomic E-state index is 0.0780. The Morgan fingerprint density at radius 2 is 1.55 bits per heavy atom. The smallest absolute Gasteiger partial charge is 0.408 e. The number of hydrogen-bond acceptors (Lipinski definition) is 8. The number of nitrogens with zero attached hydrogens (tertiary/aromatic N) is 1. The molecule has 0 aromatic heterocycles. The normalized spacial score (nSPS) is 23.4. The molecule has 0 aromatic carbocycles. The van der Waals surface area contributed by atoms with Gasteiger partial charge >= 0.3 is 12.1 Å². The van der Waals surface area contributed by atoms with Gasteiger partial charge in [0.2, 0.25) is 17.6 Å². The van der Waals surface area contributed by atoms with Crippen LogP contribution in [0.5, 0.6) is 0 Å². The topological polar surface area (TPSA) is 160 Å². The molecular formula is C35H56N4O8. The van der Waals surface area contributed by atoms with E-state index in [1.165, 1.54) is 0 Å². The standard InChI is InChI=1S/C35H56N4O8/c1-10-11-17-23(28(41)30(43)36-19-18-24(40)46-33(2,3)4)37-29(42)27-25-22(35(25,8)9)20-39(27)31(44)26(21-15-13-12-14-16-21)38-32(45)47-34(5,6)7/h10,21-23,25-27H,1,11-20H2,2-9H3,(H,36,43)(H,37,42)(H,38,45)/t22-,23?,25-,26?,27-/m0/s1. The number of ether oxygens (including phenoxy) is 2. The van der Waals surface area contributed by atoms with Crippen molar-refractivity contribution >= 4 is 35.6 Å². The van der Waals surface area contributed by atoms with Crippen molar-refractivity contribution in [1.29, 1.82) is 0 Å². The lowest BCUT2D eigenvalue weighted by molar-refractivity contribution is -0.154. The maximum absolute atomic E-state index is 14.3. The summed E-state index contributed by atoms with van der Waals surface area (Å²) in [6, 6.07) is -2.88. The van der Waals surface area contributed by atoms with Gasteiger partial charge < -0.3 is 30.3 Å². The second kappa shape index (κ2) is 15.2. The molecule has 2 aliphatic carbocycles. The first kappa shape index (κ1) is 38.0. The zero-order valence-corrected chi connectivity index (χ0v) is 29.5. The lowest BCUT2D eigenvalue weighted by Gasteiger charge is -2.37. The van der Waals surface area contributed by atoms with Crippen LogP contribution in [0.4, 0.5) is 4.79 Å². The summed E-state index contributed by atoms with van der Waals surface area (Å²) in [5.74, 6) is -3.29. The van der Waals surface area contributed by atoms with Gasteiger partial charge in [-0.15, -0.1) is 6.58 Å². The van der Waals surface area contributed by atoms with E-state index in [4.69, 9.17) is 9.47 Å². The predicted octanol–water partition coefficient (Wildman–Crippen LogP) is 3.81. The van der Waals surface area contributed by atoms with Crippen LogP contribution >= 0.6 is 0 Å². The van der Waals surface area contributed by atoms with E-state index in [-0.39, 0.29) is 48.5 Å². The molecule has 264 valence electrons. The number of alkyl carbamates (subject to hydrolysis) is 1. The molecule has 0 radical (unpaired) electrons. The van der Waals surface area contributed by atoms with Gasteiger partial charge in [0.1, 0.15) is 23.3 Å². The van der Waals surface area contributed by atoms with E-state index >= 15 is 0 Å². The van der Waals surface area contributed by atoms with Gasteiger partial charge in [0, 0.05) is 13.1 Å². The van der Waals surface area contributed by atoms with Crippen molar-refractivity contribution < 1.29 is 38.2 Å². The fraction of sp³-hybridized carbons (Fsp3) is 0.771. The number of Topliss-reactive ketones (excluding diaryl/α,β-unsaturated/α-hetero) is 1. The number of rotatable bonds is 13. The molecule has 0 bridgehead atoms. The molecular weight excluding hydrogens is 604 g/mol. The van der Waals surface area contributed by atoms with E-state index in [2.05, 4.69) is 36.4 Å². The molecule has 3 aliphatic rings. The van der Waals surface area contributed by atoms with Crippen LogP contribution in [0.25, 0.3) is 0 Å². The largest absolute Gasteiger partial charge is 0.460 e. The fourth-order valence-electron chi connectivity index (χ4n) is 7.00. The fourth-order valence-corrected chi connectivity index (χ4v) is 7.00. The van der Waals surface area contributed by atoms with Crippen LogP contribution in [0.3, 0.4) is 0 Å².